The van der Waals surface area contributed by atoms with Gasteiger partial charge in [-0.2, -0.15) is 0 Å². The molecule has 0 aromatic heterocycles. The summed E-state index contributed by atoms with van der Waals surface area (Å²) < 4.78 is 6.41. The smallest absolute Gasteiger partial charge is 0.411 e. The highest BCUT2D eigenvalue weighted by Gasteiger charge is 2.53. The number of nitrogens with zero attached hydrogens (tertiary/aromatic N) is 1. The van der Waals surface area contributed by atoms with E-state index in [0.717, 1.165) is 34.1 Å². The topological polar surface area (TPSA) is 55.6 Å². The van der Waals surface area contributed by atoms with Crippen molar-refractivity contribution in [3.8, 4) is 0 Å². The highest BCUT2D eigenvalue weighted by atomic mass is 127. The van der Waals surface area contributed by atoms with Crippen LogP contribution < -0.4 is 5.73 Å². The number of ether oxygens (including phenoxy) is 1. The maximum atomic E-state index is 12.4. The van der Waals surface area contributed by atoms with Gasteiger partial charge in [-0.15, -0.1) is 5.73 Å². The Morgan fingerprint density at radius 3 is 2.50 bits per heavy atom. The van der Waals surface area contributed by atoms with Gasteiger partial charge < -0.3 is 10.5 Å². The van der Waals surface area contributed by atoms with Gasteiger partial charge in [0.15, 0.2) is 0 Å². The first kappa shape index (κ1) is 15.4. The largest absolute Gasteiger partial charge is 0.444 e. The zero-order valence-electron chi connectivity index (χ0n) is 12.3. The fraction of sp³-hybridized carbons (Fsp3) is 0.600. The Hall–Kier alpha value is -0.940. The van der Waals surface area contributed by atoms with Crippen LogP contribution in [0.25, 0.3) is 0 Å². The molecule has 0 atom stereocenters. The second-order valence-electron chi connectivity index (χ2n) is 6.33. The van der Waals surface area contributed by atoms with E-state index in [1.54, 1.807) is 4.90 Å². The molecule has 110 valence electrons. The fourth-order valence-electron chi connectivity index (χ4n) is 2.72. The molecule has 20 heavy (non-hydrogen) atoms. The number of carbonyl (C=O) groups is 1. The molecule has 5 heteroatoms. The van der Waals surface area contributed by atoms with Crippen LogP contribution in [0.5, 0.6) is 0 Å². The van der Waals surface area contributed by atoms with Gasteiger partial charge in [-0.25, -0.2) is 4.79 Å². The van der Waals surface area contributed by atoms with Crippen LogP contribution in [0.2, 0.25) is 0 Å². The van der Waals surface area contributed by atoms with Crippen molar-refractivity contribution in [3.63, 3.8) is 0 Å². The molecule has 0 saturated heterocycles. The Morgan fingerprint density at radius 2 is 2.10 bits per heavy atom. The van der Waals surface area contributed by atoms with Gasteiger partial charge in [-0.1, -0.05) is 6.58 Å². The lowest BCUT2D eigenvalue weighted by Gasteiger charge is -2.46. The van der Waals surface area contributed by atoms with Crippen molar-refractivity contribution in [2.24, 2.45) is 5.73 Å². The van der Waals surface area contributed by atoms with Crippen LogP contribution in [0.3, 0.4) is 0 Å². The van der Waals surface area contributed by atoms with Crippen LogP contribution in [-0.4, -0.2) is 28.7 Å². The van der Waals surface area contributed by atoms with E-state index in [0.29, 0.717) is 6.54 Å². The van der Waals surface area contributed by atoms with Gasteiger partial charge in [0.05, 0.1) is 15.7 Å². The van der Waals surface area contributed by atoms with Crippen molar-refractivity contribution in [2.45, 2.75) is 51.2 Å². The van der Waals surface area contributed by atoms with Crippen LogP contribution in [0.15, 0.2) is 27.2 Å². The molecule has 0 aromatic rings. The number of carbonyl (C=O) groups excluding carboxylic acids is 1. The normalized spacial score (nSPS) is 20.7. The molecule has 1 saturated carbocycles. The maximum Gasteiger partial charge on any atom is 0.411 e. The molecule has 0 bridgehead atoms. The number of hydrogen-bond donors (Lipinski definition) is 1. The molecule has 1 fully saturated rings. The molecule has 4 nitrogen and oxygen atoms in total. The summed E-state index contributed by atoms with van der Waals surface area (Å²) in [5.41, 5.74) is 10.1. The Labute approximate surface area is 133 Å². The minimum absolute atomic E-state index is 0.289. The molecule has 1 spiro atoms. The van der Waals surface area contributed by atoms with E-state index in [9.17, 15) is 4.79 Å². The highest BCUT2D eigenvalue weighted by molar-refractivity contribution is 14.1. The van der Waals surface area contributed by atoms with Crippen molar-refractivity contribution >= 4 is 28.7 Å². The van der Waals surface area contributed by atoms with Crippen molar-refractivity contribution in [1.82, 2.24) is 4.90 Å². The third-order valence-electron chi connectivity index (χ3n) is 3.87. The van der Waals surface area contributed by atoms with Gasteiger partial charge >= 0.3 is 6.09 Å². The highest BCUT2D eigenvalue weighted by Crippen LogP contribution is 2.49. The number of rotatable bonds is 1. The standard InChI is InChI=1S/C15H21IN2O2/c1-5-11(16)10-9-18(13(19)20-14(2,3)4)15(12(10)17)7-6-8-15/h1,6-9,17H2,2-4H3. The molecule has 2 aliphatic rings. The van der Waals surface area contributed by atoms with E-state index in [-0.39, 0.29) is 11.6 Å². The number of nitrogens with two attached hydrogens (primary N) is 1. The quantitative estimate of drug-likeness (QED) is 0.553. The molecule has 2 N–H and O–H groups in total. The Morgan fingerprint density at radius 1 is 1.50 bits per heavy atom. The summed E-state index contributed by atoms with van der Waals surface area (Å²) in [5, 5.41) is 0. The minimum atomic E-state index is -0.499. The van der Waals surface area contributed by atoms with Crippen molar-refractivity contribution < 1.29 is 9.53 Å². The lowest BCUT2D eigenvalue weighted by atomic mass is 9.74. The summed E-state index contributed by atoms with van der Waals surface area (Å²) in [7, 11) is 0. The Kier molecular flexibility index (Phi) is 3.95. The van der Waals surface area contributed by atoms with Gasteiger partial charge in [0, 0.05) is 11.3 Å². The van der Waals surface area contributed by atoms with Crippen molar-refractivity contribution in [1.29, 1.82) is 0 Å². The van der Waals surface area contributed by atoms with Crippen LogP contribution in [-0.2, 0) is 4.74 Å². The van der Waals surface area contributed by atoms with Crippen LogP contribution in [0.4, 0.5) is 4.79 Å². The van der Waals surface area contributed by atoms with E-state index in [4.69, 9.17) is 10.5 Å². The fourth-order valence-corrected chi connectivity index (χ4v) is 3.18. The first-order chi connectivity index (χ1) is 9.21. The summed E-state index contributed by atoms with van der Waals surface area (Å²) in [6.45, 7) is 9.78. The van der Waals surface area contributed by atoms with E-state index < -0.39 is 5.60 Å². The summed E-state index contributed by atoms with van der Waals surface area (Å²) in [6.07, 6.45) is 2.61. The zero-order valence-corrected chi connectivity index (χ0v) is 14.4. The number of hydrogen-bond acceptors (Lipinski definition) is 3. The molecular formula is C15H21IN2O2. The third-order valence-corrected chi connectivity index (χ3v) is 4.91. The lowest BCUT2D eigenvalue weighted by Crippen LogP contribution is -2.56. The van der Waals surface area contributed by atoms with E-state index in [2.05, 4.69) is 34.9 Å². The molecule has 0 aromatic carbocycles. The molecular weight excluding hydrogens is 367 g/mol. The molecule has 0 unspecified atom stereocenters. The minimum Gasteiger partial charge on any atom is -0.444 e. The monoisotopic (exact) mass is 388 g/mol. The summed E-state index contributed by atoms with van der Waals surface area (Å²) in [5.74, 6) is 0. The van der Waals surface area contributed by atoms with Gasteiger partial charge in [-0.05, 0) is 62.6 Å². The first-order valence-electron chi connectivity index (χ1n) is 6.77. The van der Waals surface area contributed by atoms with Crippen molar-refractivity contribution in [2.75, 3.05) is 6.54 Å². The summed E-state index contributed by atoms with van der Waals surface area (Å²) in [4.78, 5) is 14.2. The molecule has 1 heterocycles. The van der Waals surface area contributed by atoms with E-state index >= 15 is 0 Å². The van der Waals surface area contributed by atoms with E-state index in [1.807, 2.05) is 20.8 Å². The van der Waals surface area contributed by atoms with Crippen LogP contribution in [0, 0.1) is 0 Å². The average Bonchev–Trinajstić information content (AvgIpc) is 2.59. The lowest BCUT2D eigenvalue weighted by molar-refractivity contribution is -0.00493. The molecule has 1 amide bonds. The second kappa shape index (κ2) is 5.11. The average molecular weight is 388 g/mol. The van der Waals surface area contributed by atoms with Crippen molar-refractivity contribution in [3.05, 3.63) is 27.2 Å². The zero-order chi connectivity index (χ0) is 15.1. The molecule has 0 radical (unpaired) electrons. The summed E-state index contributed by atoms with van der Waals surface area (Å²) in [6, 6.07) is 0. The van der Waals surface area contributed by atoms with Gasteiger partial charge in [0.1, 0.15) is 5.60 Å². The predicted octanol–water partition coefficient (Wildman–Crippen LogP) is 3.48. The third kappa shape index (κ3) is 2.49. The molecule has 1 aliphatic carbocycles. The van der Waals surface area contributed by atoms with Gasteiger partial charge in [-0.3, -0.25) is 4.90 Å². The predicted molar refractivity (Wildman–Crippen MR) is 87.4 cm³/mol. The number of halogens is 1. The van der Waals surface area contributed by atoms with Gasteiger partial charge in [0.25, 0.3) is 0 Å². The van der Waals surface area contributed by atoms with Crippen LogP contribution in [0.1, 0.15) is 40.0 Å². The Balaban J connectivity index is 2.30. The molecule has 2 rings (SSSR count). The Bertz CT molecular complexity index is 520. The molecule has 1 aliphatic heterocycles. The first-order valence-corrected chi connectivity index (χ1v) is 7.85. The maximum absolute atomic E-state index is 12.4. The van der Waals surface area contributed by atoms with E-state index in [1.165, 1.54) is 0 Å². The SMILES string of the molecule is C=C=C(I)C1=C(N)C2(CCC2)N(C(=O)OC(C)(C)C)C1. The summed E-state index contributed by atoms with van der Waals surface area (Å²) >= 11 is 2.17. The number of amides is 1. The van der Waals surface area contributed by atoms with Crippen LogP contribution >= 0.6 is 22.6 Å². The second-order valence-corrected chi connectivity index (χ2v) is 7.41. The van der Waals surface area contributed by atoms with Gasteiger partial charge in [0.2, 0.25) is 0 Å².